The molecule has 2 fully saturated rings. The van der Waals surface area contributed by atoms with Crippen LogP contribution >= 0.6 is 11.5 Å². The summed E-state index contributed by atoms with van der Waals surface area (Å²) in [5.74, 6) is 0.755. The second-order valence-electron chi connectivity index (χ2n) is 7.33. The highest BCUT2D eigenvalue weighted by Gasteiger charge is 2.38. The number of carbonyl (C=O) groups excluding carboxylic acids is 1. The number of amides is 1. The number of piperazine rings is 1. The van der Waals surface area contributed by atoms with Gasteiger partial charge in [-0.2, -0.15) is 0 Å². The summed E-state index contributed by atoms with van der Waals surface area (Å²) in [4.78, 5) is 19.5. The number of aromatic nitrogens is 2. The summed E-state index contributed by atoms with van der Waals surface area (Å²) in [7, 11) is 2.14. The zero-order valence-electron chi connectivity index (χ0n) is 15.1. The minimum Gasteiger partial charge on any atom is -0.340 e. The van der Waals surface area contributed by atoms with E-state index in [0.717, 1.165) is 45.0 Å². The van der Waals surface area contributed by atoms with Gasteiger partial charge in [-0.1, -0.05) is 34.8 Å². The van der Waals surface area contributed by atoms with E-state index in [1.54, 1.807) is 0 Å². The molecular weight excluding hydrogens is 346 g/mol. The summed E-state index contributed by atoms with van der Waals surface area (Å²) >= 11 is 1.38. The molecular formula is C19H25N5OS. The molecule has 1 aromatic heterocycles. The highest BCUT2D eigenvalue weighted by atomic mass is 32.1. The van der Waals surface area contributed by atoms with Crippen molar-refractivity contribution in [3.05, 3.63) is 47.0 Å². The number of rotatable bonds is 4. The number of hydrogen-bond acceptors (Lipinski definition) is 6. The van der Waals surface area contributed by atoms with E-state index in [1.165, 1.54) is 17.1 Å². The largest absolute Gasteiger partial charge is 0.340 e. The lowest BCUT2D eigenvalue weighted by molar-refractivity contribution is -0.131. The Morgan fingerprint density at radius 1 is 1.12 bits per heavy atom. The van der Waals surface area contributed by atoms with Crippen LogP contribution in [0.15, 0.2) is 35.7 Å². The fraction of sp³-hybridized carbons (Fsp3) is 0.526. The Bertz CT molecular complexity index is 715. The molecule has 3 heterocycles. The normalized spacial score (nSPS) is 24.9. The van der Waals surface area contributed by atoms with Gasteiger partial charge in [-0.05, 0) is 24.1 Å². The molecule has 0 N–H and O–H groups in total. The lowest BCUT2D eigenvalue weighted by atomic mass is 9.87. The fourth-order valence-corrected chi connectivity index (χ4v) is 4.49. The van der Waals surface area contributed by atoms with Gasteiger partial charge in [-0.15, -0.1) is 5.10 Å². The summed E-state index contributed by atoms with van der Waals surface area (Å²) < 4.78 is 4.04. The van der Waals surface area contributed by atoms with Crippen molar-refractivity contribution >= 4 is 17.4 Å². The van der Waals surface area contributed by atoms with Crippen LogP contribution in [-0.2, 0) is 4.79 Å². The molecule has 4 rings (SSSR count). The standard InChI is InChI=1S/C19H25N5OS/c1-22-7-9-23(10-8-22)13-19(25)24-11-16(15-5-3-2-4-6-15)17(12-24)18-14-26-21-20-18/h2-6,14,16-17H,7-13H2,1H3/t16-,17+/m0/s1. The van der Waals surface area contributed by atoms with E-state index >= 15 is 0 Å². The van der Waals surface area contributed by atoms with Crippen LogP contribution < -0.4 is 0 Å². The highest BCUT2D eigenvalue weighted by molar-refractivity contribution is 7.03. The number of likely N-dealkylation sites (N-methyl/N-ethyl adjacent to an activating group) is 1. The van der Waals surface area contributed by atoms with Crippen molar-refractivity contribution in [2.45, 2.75) is 11.8 Å². The van der Waals surface area contributed by atoms with Crippen LogP contribution in [0.5, 0.6) is 0 Å². The molecule has 0 saturated carbocycles. The molecule has 138 valence electrons. The van der Waals surface area contributed by atoms with Gasteiger partial charge in [0, 0.05) is 56.5 Å². The first-order valence-corrected chi connectivity index (χ1v) is 10.0. The number of hydrogen-bond donors (Lipinski definition) is 0. The van der Waals surface area contributed by atoms with Crippen molar-refractivity contribution in [2.75, 3.05) is 52.9 Å². The number of nitrogens with zero attached hydrogens (tertiary/aromatic N) is 5. The van der Waals surface area contributed by atoms with E-state index in [-0.39, 0.29) is 17.7 Å². The quantitative estimate of drug-likeness (QED) is 0.815. The summed E-state index contributed by atoms with van der Waals surface area (Å²) in [6, 6.07) is 10.5. The predicted octanol–water partition coefficient (Wildman–Crippen LogP) is 1.50. The molecule has 2 aliphatic heterocycles. The third-order valence-corrected chi connectivity index (χ3v) is 6.13. The predicted molar refractivity (Wildman–Crippen MR) is 102 cm³/mol. The first-order valence-electron chi connectivity index (χ1n) is 9.21. The minimum absolute atomic E-state index is 0.229. The third kappa shape index (κ3) is 3.79. The Morgan fingerprint density at radius 2 is 1.85 bits per heavy atom. The maximum Gasteiger partial charge on any atom is 0.236 e. The van der Waals surface area contributed by atoms with Crippen LogP contribution in [0, 0.1) is 0 Å². The summed E-state index contributed by atoms with van der Waals surface area (Å²) in [6.45, 7) is 6.03. The Balaban J connectivity index is 1.47. The lowest BCUT2D eigenvalue weighted by Crippen LogP contribution is -2.48. The van der Waals surface area contributed by atoms with Crippen molar-refractivity contribution in [1.29, 1.82) is 0 Å². The molecule has 1 aromatic carbocycles. The van der Waals surface area contributed by atoms with E-state index in [2.05, 4.69) is 50.7 Å². The second-order valence-corrected chi connectivity index (χ2v) is 7.94. The number of likely N-dealkylation sites (tertiary alicyclic amines) is 1. The van der Waals surface area contributed by atoms with Gasteiger partial charge in [-0.3, -0.25) is 9.69 Å². The van der Waals surface area contributed by atoms with Crippen molar-refractivity contribution in [3.8, 4) is 0 Å². The fourth-order valence-electron chi connectivity index (χ4n) is 3.98. The zero-order valence-corrected chi connectivity index (χ0v) is 15.9. The number of benzene rings is 1. The molecule has 0 spiro atoms. The first kappa shape index (κ1) is 17.6. The SMILES string of the molecule is CN1CCN(CC(=O)N2C[C@@H](c3ccccc3)[C@H](c3csnn3)C2)CC1. The maximum absolute atomic E-state index is 12.9. The van der Waals surface area contributed by atoms with E-state index in [4.69, 9.17) is 0 Å². The molecule has 7 heteroatoms. The van der Waals surface area contributed by atoms with E-state index in [9.17, 15) is 4.79 Å². The molecule has 0 bridgehead atoms. The molecule has 6 nitrogen and oxygen atoms in total. The van der Waals surface area contributed by atoms with Gasteiger partial charge >= 0.3 is 0 Å². The van der Waals surface area contributed by atoms with Gasteiger partial charge in [0.15, 0.2) is 0 Å². The van der Waals surface area contributed by atoms with Gasteiger partial charge in [-0.25, -0.2) is 0 Å². The van der Waals surface area contributed by atoms with Gasteiger partial charge in [0.25, 0.3) is 0 Å². The first-order chi connectivity index (χ1) is 12.7. The highest BCUT2D eigenvalue weighted by Crippen LogP contribution is 2.39. The summed E-state index contributed by atoms with van der Waals surface area (Å²) in [5, 5.41) is 6.33. The zero-order chi connectivity index (χ0) is 17.9. The van der Waals surface area contributed by atoms with Crippen LogP contribution in [-0.4, -0.2) is 83.1 Å². The molecule has 26 heavy (non-hydrogen) atoms. The molecule has 2 saturated heterocycles. The van der Waals surface area contributed by atoms with Crippen molar-refractivity contribution in [2.24, 2.45) is 0 Å². The smallest absolute Gasteiger partial charge is 0.236 e. The third-order valence-electron chi connectivity index (χ3n) is 5.61. The molecule has 2 aromatic rings. The Morgan fingerprint density at radius 3 is 2.54 bits per heavy atom. The molecule has 0 aliphatic carbocycles. The van der Waals surface area contributed by atoms with Gasteiger partial charge in [0.2, 0.25) is 5.91 Å². The van der Waals surface area contributed by atoms with E-state index in [1.807, 2.05) is 16.3 Å². The van der Waals surface area contributed by atoms with Crippen LogP contribution in [0.1, 0.15) is 23.1 Å². The molecule has 0 unspecified atom stereocenters. The van der Waals surface area contributed by atoms with Gasteiger partial charge < -0.3 is 9.80 Å². The summed E-state index contributed by atoms with van der Waals surface area (Å²) in [6.07, 6.45) is 0. The van der Waals surface area contributed by atoms with Gasteiger partial charge in [0.05, 0.1) is 12.2 Å². The minimum atomic E-state index is 0.229. The van der Waals surface area contributed by atoms with Gasteiger partial charge in [0.1, 0.15) is 0 Å². The lowest BCUT2D eigenvalue weighted by Gasteiger charge is -2.32. The maximum atomic E-state index is 12.9. The Labute approximate surface area is 158 Å². The van der Waals surface area contributed by atoms with Crippen molar-refractivity contribution < 1.29 is 4.79 Å². The summed E-state index contributed by atoms with van der Waals surface area (Å²) in [5.41, 5.74) is 2.29. The van der Waals surface area contributed by atoms with Crippen LogP contribution in [0.2, 0.25) is 0 Å². The Kier molecular flexibility index (Phi) is 5.28. The number of carbonyl (C=O) groups is 1. The molecule has 1 amide bonds. The molecule has 2 atom stereocenters. The topological polar surface area (TPSA) is 52.6 Å². The molecule has 0 radical (unpaired) electrons. The van der Waals surface area contributed by atoms with Crippen molar-refractivity contribution in [1.82, 2.24) is 24.3 Å². The van der Waals surface area contributed by atoms with E-state index < -0.39 is 0 Å². The average molecular weight is 372 g/mol. The van der Waals surface area contributed by atoms with Crippen LogP contribution in [0.3, 0.4) is 0 Å². The monoisotopic (exact) mass is 371 g/mol. The Hall–Kier alpha value is -1.83. The van der Waals surface area contributed by atoms with Crippen LogP contribution in [0.25, 0.3) is 0 Å². The second kappa shape index (κ2) is 7.82. The molecule has 2 aliphatic rings. The average Bonchev–Trinajstić information content (AvgIpc) is 3.34. The van der Waals surface area contributed by atoms with Crippen LogP contribution in [0.4, 0.5) is 0 Å². The van der Waals surface area contributed by atoms with E-state index in [0.29, 0.717) is 6.54 Å². The van der Waals surface area contributed by atoms with Crippen molar-refractivity contribution in [3.63, 3.8) is 0 Å².